The summed E-state index contributed by atoms with van der Waals surface area (Å²) in [7, 11) is 0. The number of ether oxygens (including phenoxy) is 2. The summed E-state index contributed by atoms with van der Waals surface area (Å²) in [6.45, 7) is 4.60. The molecule has 2 N–H and O–H groups in total. The fourth-order valence-electron chi connectivity index (χ4n) is 2.96. The van der Waals surface area contributed by atoms with Crippen molar-refractivity contribution in [3.05, 3.63) is 83.7 Å². The average molecular weight is 365 g/mol. The first-order valence-corrected chi connectivity index (χ1v) is 9.07. The molecule has 27 heavy (non-hydrogen) atoms. The predicted octanol–water partition coefficient (Wildman–Crippen LogP) is 5.49. The molecule has 1 unspecified atom stereocenters. The smallest absolute Gasteiger partial charge is 0.135 e. The number of benzene rings is 3. The molecule has 0 bridgehead atoms. The van der Waals surface area contributed by atoms with Gasteiger partial charge >= 0.3 is 0 Å². The SMILES string of the molecule is CCOc1cc(COc2ccccc2)cc(-c2cccc(C(C)N)c2F)c1. The van der Waals surface area contributed by atoms with Gasteiger partial charge in [0.15, 0.2) is 0 Å². The highest BCUT2D eigenvalue weighted by atomic mass is 19.1. The van der Waals surface area contributed by atoms with E-state index < -0.39 is 0 Å². The Bertz CT molecular complexity index is 894. The first-order chi connectivity index (χ1) is 13.1. The largest absolute Gasteiger partial charge is 0.494 e. The molecular formula is C23H24FNO2. The molecule has 0 saturated heterocycles. The van der Waals surface area contributed by atoms with Gasteiger partial charge in [0.2, 0.25) is 0 Å². The Kier molecular flexibility index (Phi) is 6.09. The Morgan fingerprint density at radius 2 is 1.70 bits per heavy atom. The van der Waals surface area contributed by atoms with E-state index in [0.29, 0.717) is 30.1 Å². The van der Waals surface area contributed by atoms with Crippen LogP contribution in [0.3, 0.4) is 0 Å². The van der Waals surface area contributed by atoms with E-state index >= 15 is 0 Å². The number of nitrogens with two attached hydrogens (primary N) is 1. The molecule has 0 heterocycles. The van der Waals surface area contributed by atoms with Crippen molar-refractivity contribution in [3.8, 4) is 22.6 Å². The van der Waals surface area contributed by atoms with Crippen molar-refractivity contribution in [2.75, 3.05) is 6.61 Å². The lowest BCUT2D eigenvalue weighted by atomic mass is 9.97. The quantitative estimate of drug-likeness (QED) is 0.602. The van der Waals surface area contributed by atoms with Crippen molar-refractivity contribution < 1.29 is 13.9 Å². The molecule has 3 aromatic carbocycles. The van der Waals surface area contributed by atoms with Crippen LogP contribution >= 0.6 is 0 Å². The van der Waals surface area contributed by atoms with Gasteiger partial charge in [0.05, 0.1) is 6.61 Å². The summed E-state index contributed by atoms with van der Waals surface area (Å²) in [4.78, 5) is 0. The van der Waals surface area contributed by atoms with Gasteiger partial charge in [-0.15, -0.1) is 0 Å². The second-order valence-corrected chi connectivity index (χ2v) is 6.40. The third kappa shape index (κ3) is 4.66. The van der Waals surface area contributed by atoms with Crippen LogP contribution in [0.25, 0.3) is 11.1 Å². The maximum atomic E-state index is 15.0. The summed E-state index contributed by atoms with van der Waals surface area (Å²) in [5, 5.41) is 0. The third-order valence-corrected chi connectivity index (χ3v) is 4.26. The molecule has 0 aliphatic rings. The van der Waals surface area contributed by atoms with Crippen molar-refractivity contribution in [1.82, 2.24) is 0 Å². The highest BCUT2D eigenvalue weighted by Crippen LogP contribution is 2.31. The number of hydrogen-bond acceptors (Lipinski definition) is 3. The summed E-state index contributed by atoms with van der Waals surface area (Å²) in [6.07, 6.45) is 0. The Morgan fingerprint density at radius 1 is 0.926 bits per heavy atom. The molecule has 0 aromatic heterocycles. The van der Waals surface area contributed by atoms with Crippen LogP contribution in [0, 0.1) is 5.82 Å². The van der Waals surface area contributed by atoms with E-state index in [2.05, 4.69) is 0 Å². The van der Waals surface area contributed by atoms with Gasteiger partial charge in [0, 0.05) is 17.2 Å². The highest BCUT2D eigenvalue weighted by molar-refractivity contribution is 5.68. The third-order valence-electron chi connectivity index (χ3n) is 4.26. The number of halogens is 1. The second kappa shape index (κ2) is 8.69. The van der Waals surface area contributed by atoms with Gasteiger partial charge in [0.1, 0.15) is 23.9 Å². The van der Waals surface area contributed by atoms with Gasteiger partial charge in [-0.2, -0.15) is 0 Å². The number of rotatable bonds is 7. The molecule has 4 heteroatoms. The minimum absolute atomic E-state index is 0.295. The standard InChI is InChI=1S/C23H24FNO2/c1-3-26-20-13-17(15-27-19-8-5-4-6-9-19)12-18(14-20)22-11-7-10-21(16(2)25)23(22)24/h4-14,16H,3,15,25H2,1-2H3. The van der Waals surface area contributed by atoms with Crippen molar-refractivity contribution in [2.24, 2.45) is 5.73 Å². The summed E-state index contributed by atoms with van der Waals surface area (Å²) >= 11 is 0. The van der Waals surface area contributed by atoms with E-state index in [1.54, 1.807) is 19.1 Å². The van der Waals surface area contributed by atoms with Crippen molar-refractivity contribution in [2.45, 2.75) is 26.5 Å². The van der Waals surface area contributed by atoms with Crippen LogP contribution in [-0.4, -0.2) is 6.61 Å². The van der Waals surface area contributed by atoms with Crippen LogP contribution in [0.1, 0.15) is 31.0 Å². The second-order valence-electron chi connectivity index (χ2n) is 6.40. The molecule has 1 atom stereocenters. The molecule has 3 nitrogen and oxygen atoms in total. The van der Waals surface area contributed by atoms with Crippen LogP contribution in [-0.2, 0) is 6.61 Å². The lowest BCUT2D eigenvalue weighted by molar-refractivity contribution is 0.303. The molecule has 0 aliphatic carbocycles. The normalized spacial score (nSPS) is 11.9. The van der Waals surface area contributed by atoms with Crippen molar-refractivity contribution in [3.63, 3.8) is 0 Å². The lowest BCUT2D eigenvalue weighted by Crippen LogP contribution is -2.08. The van der Waals surface area contributed by atoms with Crippen LogP contribution in [0.2, 0.25) is 0 Å². The Labute approximate surface area is 159 Å². The van der Waals surface area contributed by atoms with Gasteiger partial charge < -0.3 is 15.2 Å². The molecule has 3 rings (SSSR count). The van der Waals surface area contributed by atoms with Crippen LogP contribution in [0.5, 0.6) is 11.5 Å². The monoisotopic (exact) mass is 365 g/mol. The van der Waals surface area contributed by atoms with Crippen LogP contribution in [0.15, 0.2) is 66.7 Å². The van der Waals surface area contributed by atoms with E-state index in [0.717, 1.165) is 16.9 Å². The fraction of sp³-hybridized carbons (Fsp3) is 0.217. The molecule has 3 aromatic rings. The molecule has 0 fully saturated rings. The number of para-hydroxylation sites is 1. The van der Waals surface area contributed by atoms with Crippen LogP contribution in [0.4, 0.5) is 4.39 Å². The highest BCUT2D eigenvalue weighted by Gasteiger charge is 2.14. The van der Waals surface area contributed by atoms with Gasteiger partial charge in [0.25, 0.3) is 0 Å². The zero-order chi connectivity index (χ0) is 19.2. The average Bonchev–Trinajstić information content (AvgIpc) is 2.67. The Hall–Kier alpha value is -2.85. The predicted molar refractivity (Wildman–Crippen MR) is 106 cm³/mol. The maximum Gasteiger partial charge on any atom is 0.135 e. The van der Waals surface area contributed by atoms with E-state index in [4.69, 9.17) is 15.2 Å². The Balaban J connectivity index is 1.95. The molecule has 0 radical (unpaired) electrons. The zero-order valence-corrected chi connectivity index (χ0v) is 15.6. The topological polar surface area (TPSA) is 44.5 Å². The first kappa shape index (κ1) is 18.9. The van der Waals surface area contributed by atoms with Crippen LogP contribution < -0.4 is 15.2 Å². The lowest BCUT2D eigenvalue weighted by Gasteiger charge is -2.14. The molecule has 140 valence electrons. The molecule has 0 aliphatic heterocycles. The van der Waals surface area contributed by atoms with Gasteiger partial charge in [-0.1, -0.05) is 36.4 Å². The minimum atomic E-state index is -0.374. The van der Waals surface area contributed by atoms with Gasteiger partial charge in [-0.05, 0) is 55.3 Å². The van der Waals surface area contributed by atoms with E-state index in [1.807, 2.05) is 61.5 Å². The van der Waals surface area contributed by atoms with Crippen molar-refractivity contribution in [1.29, 1.82) is 0 Å². The molecule has 0 spiro atoms. The van der Waals surface area contributed by atoms with E-state index in [-0.39, 0.29) is 11.9 Å². The Morgan fingerprint density at radius 3 is 2.41 bits per heavy atom. The number of hydrogen-bond donors (Lipinski definition) is 1. The zero-order valence-electron chi connectivity index (χ0n) is 15.6. The summed E-state index contributed by atoms with van der Waals surface area (Å²) in [5.74, 6) is 1.18. The molecule has 0 saturated carbocycles. The van der Waals surface area contributed by atoms with E-state index in [1.165, 1.54) is 0 Å². The summed E-state index contributed by atoms with van der Waals surface area (Å²) < 4.78 is 26.5. The minimum Gasteiger partial charge on any atom is -0.494 e. The molecular weight excluding hydrogens is 341 g/mol. The fourth-order valence-corrected chi connectivity index (χ4v) is 2.96. The van der Waals surface area contributed by atoms with Crippen molar-refractivity contribution >= 4 is 0 Å². The van der Waals surface area contributed by atoms with E-state index in [9.17, 15) is 4.39 Å². The van der Waals surface area contributed by atoms with Gasteiger partial charge in [-0.25, -0.2) is 4.39 Å². The maximum absolute atomic E-state index is 15.0. The molecule has 0 amide bonds. The van der Waals surface area contributed by atoms with Gasteiger partial charge in [-0.3, -0.25) is 0 Å². The summed E-state index contributed by atoms with van der Waals surface area (Å²) in [5.41, 5.74) is 8.55. The summed E-state index contributed by atoms with van der Waals surface area (Å²) in [6, 6.07) is 20.2. The first-order valence-electron chi connectivity index (χ1n) is 9.07.